The van der Waals surface area contributed by atoms with Crippen molar-refractivity contribution in [2.45, 2.75) is 6.92 Å². The molecule has 0 fully saturated rings. The van der Waals surface area contributed by atoms with Crippen molar-refractivity contribution in [3.8, 4) is 0 Å². The van der Waals surface area contributed by atoms with E-state index in [-0.39, 0.29) is 5.91 Å². The minimum Gasteiger partial charge on any atom is -0.318 e. The van der Waals surface area contributed by atoms with Crippen LogP contribution < -0.4 is 5.32 Å². The maximum absolute atomic E-state index is 11.5. The first-order valence-corrected chi connectivity index (χ1v) is 4.86. The maximum Gasteiger partial charge on any atom is 0.275 e. The molecule has 0 saturated carbocycles. The highest BCUT2D eigenvalue weighted by Crippen LogP contribution is 2.10. The summed E-state index contributed by atoms with van der Waals surface area (Å²) in [5, 5.41) is 11.6. The van der Waals surface area contributed by atoms with Gasteiger partial charge in [-0.1, -0.05) is 0 Å². The lowest BCUT2D eigenvalue weighted by Crippen LogP contribution is -2.11. The molecule has 5 nitrogen and oxygen atoms in total. The van der Waals surface area contributed by atoms with E-state index in [1.165, 1.54) is 17.5 Å². The fourth-order valence-electron chi connectivity index (χ4n) is 0.982. The van der Waals surface area contributed by atoms with Gasteiger partial charge in [0.05, 0.1) is 16.9 Å². The van der Waals surface area contributed by atoms with Gasteiger partial charge in [0, 0.05) is 11.6 Å². The molecule has 14 heavy (non-hydrogen) atoms. The molecule has 0 spiro atoms. The van der Waals surface area contributed by atoms with Crippen molar-refractivity contribution in [2.75, 3.05) is 5.32 Å². The average molecular weight is 208 g/mol. The molecule has 0 aromatic carbocycles. The van der Waals surface area contributed by atoms with Gasteiger partial charge in [-0.15, -0.1) is 11.3 Å². The molecule has 2 aromatic rings. The van der Waals surface area contributed by atoms with Crippen molar-refractivity contribution >= 4 is 22.9 Å². The summed E-state index contributed by atoms with van der Waals surface area (Å²) in [5.74, 6) is -0.212. The topological polar surface area (TPSA) is 70.7 Å². The number of aryl methyl sites for hydroxylation is 1. The number of aromatic amines is 1. The van der Waals surface area contributed by atoms with E-state index in [0.717, 1.165) is 5.01 Å². The van der Waals surface area contributed by atoms with E-state index in [1.807, 2.05) is 6.92 Å². The van der Waals surface area contributed by atoms with E-state index >= 15 is 0 Å². The van der Waals surface area contributed by atoms with Gasteiger partial charge >= 0.3 is 0 Å². The number of hydrogen-bond acceptors (Lipinski definition) is 4. The predicted molar refractivity (Wildman–Crippen MR) is 53.4 cm³/mol. The van der Waals surface area contributed by atoms with E-state index < -0.39 is 0 Å². The molecule has 6 heteroatoms. The highest BCUT2D eigenvalue weighted by molar-refractivity contribution is 7.09. The first kappa shape index (κ1) is 8.89. The molecule has 1 amide bonds. The van der Waals surface area contributed by atoms with Crippen molar-refractivity contribution in [1.29, 1.82) is 0 Å². The molecule has 0 aliphatic heterocycles. The Bertz CT molecular complexity index is 434. The van der Waals surface area contributed by atoms with E-state index in [1.54, 1.807) is 11.6 Å². The Kier molecular flexibility index (Phi) is 2.28. The summed E-state index contributed by atoms with van der Waals surface area (Å²) in [7, 11) is 0. The summed E-state index contributed by atoms with van der Waals surface area (Å²) in [5.41, 5.74) is 1.08. The van der Waals surface area contributed by atoms with Crippen LogP contribution in [0.2, 0.25) is 0 Å². The summed E-state index contributed by atoms with van der Waals surface area (Å²) in [6.07, 6.45) is 3.15. The minimum absolute atomic E-state index is 0.212. The van der Waals surface area contributed by atoms with Gasteiger partial charge in [0.25, 0.3) is 5.91 Å². The van der Waals surface area contributed by atoms with Crippen molar-refractivity contribution in [3.05, 3.63) is 28.5 Å². The molecule has 2 aromatic heterocycles. The zero-order chi connectivity index (χ0) is 9.97. The molecule has 0 atom stereocenters. The van der Waals surface area contributed by atoms with Gasteiger partial charge in [-0.25, -0.2) is 4.98 Å². The number of carbonyl (C=O) groups is 1. The molecule has 0 unspecified atom stereocenters. The highest BCUT2D eigenvalue weighted by Gasteiger charge is 2.09. The number of anilines is 1. The Balaban J connectivity index is 2.10. The number of nitrogens with one attached hydrogen (secondary N) is 2. The molecular weight excluding hydrogens is 200 g/mol. The van der Waals surface area contributed by atoms with Gasteiger partial charge in [-0.2, -0.15) is 5.10 Å². The maximum atomic E-state index is 11.5. The molecule has 2 heterocycles. The number of rotatable bonds is 2. The Labute approximate surface area is 84.2 Å². The molecule has 0 radical (unpaired) electrons. The highest BCUT2D eigenvalue weighted by atomic mass is 32.1. The quantitative estimate of drug-likeness (QED) is 0.784. The van der Waals surface area contributed by atoms with Crippen molar-refractivity contribution in [1.82, 2.24) is 15.2 Å². The van der Waals surface area contributed by atoms with Crippen LogP contribution in [0.15, 0.2) is 17.8 Å². The smallest absolute Gasteiger partial charge is 0.275 e. The Morgan fingerprint density at radius 2 is 2.50 bits per heavy atom. The number of carbonyl (C=O) groups excluding carboxylic acids is 1. The normalized spacial score (nSPS) is 10.1. The van der Waals surface area contributed by atoms with Crippen LogP contribution in [0.1, 0.15) is 15.5 Å². The first-order chi connectivity index (χ1) is 6.75. The zero-order valence-electron chi connectivity index (χ0n) is 7.44. The molecule has 0 saturated heterocycles. The van der Waals surface area contributed by atoms with Crippen molar-refractivity contribution in [2.24, 2.45) is 0 Å². The third-order valence-electron chi connectivity index (χ3n) is 1.61. The number of amides is 1. The Hall–Kier alpha value is -1.69. The number of hydrogen-bond donors (Lipinski definition) is 2. The number of nitrogens with zero attached hydrogens (tertiary/aromatic N) is 2. The standard InChI is InChI=1S/C8H8N4OS/c1-5-11-7(4-14-5)8(13)12-6-2-9-10-3-6/h2-4H,1H3,(H,9,10)(H,12,13). The van der Waals surface area contributed by atoms with Gasteiger partial charge in [0.1, 0.15) is 5.69 Å². The SMILES string of the molecule is Cc1nc(C(=O)Nc2cn[nH]c2)cs1. The largest absolute Gasteiger partial charge is 0.318 e. The van der Waals surface area contributed by atoms with Crippen LogP contribution in [-0.2, 0) is 0 Å². The van der Waals surface area contributed by atoms with Crippen LogP contribution in [0.5, 0.6) is 0 Å². The van der Waals surface area contributed by atoms with Crippen LogP contribution in [-0.4, -0.2) is 21.1 Å². The lowest BCUT2D eigenvalue weighted by Gasteiger charge is -1.96. The van der Waals surface area contributed by atoms with Gasteiger partial charge in [0.15, 0.2) is 0 Å². The van der Waals surface area contributed by atoms with Gasteiger partial charge in [0.2, 0.25) is 0 Å². The molecule has 0 aliphatic carbocycles. The lowest BCUT2D eigenvalue weighted by molar-refractivity contribution is 0.102. The second kappa shape index (κ2) is 3.59. The zero-order valence-corrected chi connectivity index (χ0v) is 8.26. The number of H-pyrrole nitrogens is 1. The van der Waals surface area contributed by atoms with E-state index in [2.05, 4.69) is 20.5 Å². The summed E-state index contributed by atoms with van der Waals surface area (Å²) in [6, 6.07) is 0. The second-order valence-corrected chi connectivity index (χ2v) is 3.76. The molecular formula is C8H8N4OS. The Morgan fingerprint density at radius 3 is 3.07 bits per heavy atom. The summed E-state index contributed by atoms with van der Waals surface area (Å²) in [4.78, 5) is 15.6. The first-order valence-electron chi connectivity index (χ1n) is 3.98. The van der Waals surface area contributed by atoms with Crippen LogP contribution in [0.3, 0.4) is 0 Å². The number of aromatic nitrogens is 3. The van der Waals surface area contributed by atoms with Gasteiger partial charge in [-0.3, -0.25) is 9.89 Å². The van der Waals surface area contributed by atoms with Crippen LogP contribution in [0, 0.1) is 6.92 Å². The lowest BCUT2D eigenvalue weighted by atomic mass is 10.4. The fraction of sp³-hybridized carbons (Fsp3) is 0.125. The molecule has 2 rings (SSSR count). The molecule has 0 aliphatic rings. The van der Waals surface area contributed by atoms with Gasteiger partial charge in [-0.05, 0) is 6.92 Å². The molecule has 2 N–H and O–H groups in total. The monoisotopic (exact) mass is 208 g/mol. The predicted octanol–water partition coefficient (Wildman–Crippen LogP) is 1.43. The van der Waals surface area contributed by atoms with Crippen molar-refractivity contribution < 1.29 is 4.79 Å². The van der Waals surface area contributed by atoms with E-state index in [4.69, 9.17) is 0 Å². The summed E-state index contributed by atoms with van der Waals surface area (Å²) < 4.78 is 0. The van der Waals surface area contributed by atoms with Crippen LogP contribution >= 0.6 is 11.3 Å². The van der Waals surface area contributed by atoms with Crippen LogP contribution in [0.4, 0.5) is 5.69 Å². The second-order valence-electron chi connectivity index (χ2n) is 2.69. The summed E-state index contributed by atoms with van der Waals surface area (Å²) >= 11 is 1.45. The molecule has 72 valence electrons. The van der Waals surface area contributed by atoms with Gasteiger partial charge < -0.3 is 5.32 Å². The third-order valence-corrected chi connectivity index (χ3v) is 2.38. The minimum atomic E-state index is -0.212. The Morgan fingerprint density at radius 1 is 1.64 bits per heavy atom. The van der Waals surface area contributed by atoms with E-state index in [0.29, 0.717) is 11.4 Å². The summed E-state index contributed by atoms with van der Waals surface area (Å²) in [6.45, 7) is 1.86. The molecule has 0 bridgehead atoms. The fourth-order valence-corrected chi connectivity index (χ4v) is 1.58. The number of thiazole rings is 1. The van der Waals surface area contributed by atoms with Crippen LogP contribution in [0.25, 0.3) is 0 Å². The third kappa shape index (κ3) is 1.80. The van der Waals surface area contributed by atoms with Crippen molar-refractivity contribution in [3.63, 3.8) is 0 Å². The average Bonchev–Trinajstić information content (AvgIpc) is 2.75. The van der Waals surface area contributed by atoms with E-state index in [9.17, 15) is 4.79 Å².